The third-order valence-corrected chi connectivity index (χ3v) is 5.71. The summed E-state index contributed by atoms with van der Waals surface area (Å²) in [5.41, 5.74) is 0.658. The van der Waals surface area contributed by atoms with Crippen LogP contribution in [0.4, 0.5) is 0 Å². The molecule has 1 atom stereocenters. The van der Waals surface area contributed by atoms with E-state index in [0.29, 0.717) is 10.0 Å². The minimum absolute atomic E-state index is 0.127. The van der Waals surface area contributed by atoms with Crippen LogP contribution in [0.1, 0.15) is 5.56 Å². The molecule has 0 spiro atoms. The van der Waals surface area contributed by atoms with Crippen molar-refractivity contribution in [3.8, 4) is 0 Å². The predicted molar refractivity (Wildman–Crippen MR) is 71.8 cm³/mol. The summed E-state index contributed by atoms with van der Waals surface area (Å²) >= 11 is -1.49. The van der Waals surface area contributed by atoms with E-state index in [1.807, 2.05) is 30.3 Å². The second kappa shape index (κ2) is 6.83. The van der Waals surface area contributed by atoms with Gasteiger partial charge in [0.2, 0.25) is 0 Å². The van der Waals surface area contributed by atoms with Crippen LogP contribution in [0.2, 0.25) is 0 Å². The molecule has 0 saturated heterocycles. The van der Waals surface area contributed by atoms with E-state index in [1.165, 1.54) is 0 Å². The normalized spacial score (nSPS) is 12.3. The summed E-state index contributed by atoms with van der Waals surface area (Å²) < 4.78 is 18.0. The molecule has 0 saturated carbocycles. The van der Waals surface area contributed by atoms with Crippen LogP contribution in [0.15, 0.2) is 59.5 Å². The average molecular weight is 327 g/mol. The molecule has 2 aromatic rings. The Labute approximate surface area is 114 Å². The molecule has 0 amide bonds. The summed E-state index contributed by atoms with van der Waals surface area (Å²) in [6, 6.07) is 16.6. The molecule has 0 heterocycles. The maximum absolute atomic E-state index is 12.1. The summed E-state index contributed by atoms with van der Waals surface area (Å²) in [6.07, 6.45) is 0. The Hall–Kier alpha value is -0.971. The molecule has 5 heteroatoms. The fourth-order valence-corrected chi connectivity index (χ4v) is 4.33. The first-order valence-electron chi connectivity index (χ1n) is 5.32. The van der Waals surface area contributed by atoms with E-state index in [4.69, 9.17) is 3.27 Å². The van der Waals surface area contributed by atoms with Gasteiger partial charge in [0.05, 0.1) is 0 Å². The average Bonchev–Trinajstić information content (AvgIpc) is 2.45. The van der Waals surface area contributed by atoms with Crippen molar-refractivity contribution in [1.29, 1.82) is 0 Å². The first-order valence-corrected chi connectivity index (χ1v) is 8.31. The van der Waals surface area contributed by atoms with Gasteiger partial charge in [-0.1, -0.05) is 0 Å². The van der Waals surface area contributed by atoms with Crippen molar-refractivity contribution in [3.63, 3.8) is 0 Å². The van der Waals surface area contributed by atoms with Crippen LogP contribution in [-0.4, -0.2) is 19.3 Å². The third kappa shape index (κ3) is 3.51. The van der Waals surface area contributed by atoms with Gasteiger partial charge in [0.15, 0.2) is 0 Å². The maximum atomic E-state index is 12.1. The van der Waals surface area contributed by atoms with Crippen molar-refractivity contribution < 1.29 is 12.2 Å². The predicted octanol–water partition coefficient (Wildman–Crippen LogP) is 2.03. The van der Waals surface area contributed by atoms with Crippen LogP contribution in [0.25, 0.3) is 0 Å². The molecule has 1 N–H and O–H groups in total. The molecule has 0 aromatic heterocycles. The fraction of sp³-hybridized carbons (Fsp3) is 0.0769. The Morgan fingerprint density at radius 2 is 1.72 bits per heavy atom. The fourth-order valence-electron chi connectivity index (χ4n) is 1.38. The topological polar surface area (TPSA) is 46.5 Å². The second-order valence-corrected chi connectivity index (χ2v) is 7.00. The summed E-state index contributed by atoms with van der Waals surface area (Å²) in [6.45, 7) is -0.127. The molecular formula is C13H12O3SSe. The molecule has 0 aliphatic carbocycles. The van der Waals surface area contributed by atoms with E-state index >= 15 is 0 Å². The Morgan fingerprint density at radius 3 is 2.44 bits per heavy atom. The number of rotatable bonds is 5. The standard InChI is InChI=1S/C13H12O3SSe/c14-10-11-6-4-5-9-13(11)18(15)16-17-12-7-2-1-3-8-12/h1-9,14H,10H2. The molecule has 0 aliphatic heterocycles. The Bertz CT molecular complexity index is 531. The second-order valence-electron chi connectivity index (χ2n) is 3.46. The monoisotopic (exact) mass is 328 g/mol. The van der Waals surface area contributed by atoms with Gasteiger partial charge >= 0.3 is 115 Å². The first-order chi connectivity index (χ1) is 8.81. The third-order valence-electron chi connectivity index (χ3n) is 2.26. The molecule has 0 radical (unpaired) electrons. The van der Waals surface area contributed by atoms with Crippen molar-refractivity contribution >= 4 is 30.7 Å². The molecule has 94 valence electrons. The molecule has 1 unspecified atom stereocenters. The molecular weight excluding hydrogens is 315 g/mol. The molecule has 18 heavy (non-hydrogen) atoms. The molecule has 0 aliphatic rings. The number of aliphatic hydroxyl groups is 1. The van der Waals surface area contributed by atoms with Gasteiger partial charge < -0.3 is 0 Å². The zero-order chi connectivity index (χ0) is 12.8. The number of hydrogen-bond acceptors (Lipinski definition) is 4. The van der Waals surface area contributed by atoms with Crippen molar-refractivity contribution in [2.75, 3.05) is 0 Å². The zero-order valence-corrected chi connectivity index (χ0v) is 12.0. The SMILES string of the molecule is O=[Se](OSc1ccccc1)c1ccccc1CO. The van der Waals surface area contributed by atoms with Crippen molar-refractivity contribution in [2.24, 2.45) is 0 Å². The van der Waals surface area contributed by atoms with E-state index < -0.39 is 14.2 Å². The minimum atomic E-state index is -2.59. The Morgan fingerprint density at radius 1 is 1.06 bits per heavy atom. The summed E-state index contributed by atoms with van der Waals surface area (Å²) in [4.78, 5) is 0.906. The van der Waals surface area contributed by atoms with Gasteiger partial charge in [-0.05, 0) is 0 Å². The quantitative estimate of drug-likeness (QED) is 0.674. The van der Waals surface area contributed by atoms with Gasteiger partial charge in [0.1, 0.15) is 0 Å². The molecule has 2 rings (SSSR count). The molecule has 0 bridgehead atoms. The first kappa shape index (κ1) is 13.5. The van der Waals surface area contributed by atoms with Gasteiger partial charge in [0.25, 0.3) is 0 Å². The van der Waals surface area contributed by atoms with E-state index in [9.17, 15) is 8.94 Å². The summed E-state index contributed by atoms with van der Waals surface area (Å²) in [5.74, 6) is 0. The van der Waals surface area contributed by atoms with Crippen LogP contribution in [0.5, 0.6) is 0 Å². The van der Waals surface area contributed by atoms with Crippen molar-refractivity contribution in [1.82, 2.24) is 0 Å². The van der Waals surface area contributed by atoms with Crippen LogP contribution in [-0.2, 0) is 13.7 Å². The van der Waals surface area contributed by atoms with Crippen LogP contribution < -0.4 is 4.46 Å². The van der Waals surface area contributed by atoms with Gasteiger partial charge in [-0.15, -0.1) is 0 Å². The van der Waals surface area contributed by atoms with E-state index in [1.54, 1.807) is 24.3 Å². The van der Waals surface area contributed by atoms with Crippen LogP contribution in [0, 0.1) is 0 Å². The molecule has 0 fully saturated rings. The van der Waals surface area contributed by atoms with E-state index in [0.717, 1.165) is 16.9 Å². The Kier molecular flexibility index (Phi) is 5.11. The molecule has 3 nitrogen and oxygen atoms in total. The number of hydrogen-bond donors (Lipinski definition) is 1. The summed E-state index contributed by atoms with van der Waals surface area (Å²) in [5, 5.41) is 9.17. The summed E-state index contributed by atoms with van der Waals surface area (Å²) in [7, 11) is 0. The van der Waals surface area contributed by atoms with E-state index in [2.05, 4.69) is 0 Å². The number of aliphatic hydroxyl groups excluding tert-OH is 1. The van der Waals surface area contributed by atoms with Gasteiger partial charge in [-0.2, -0.15) is 0 Å². The van der Waals surface area contributed by atoms with Crippen LogP contribution in [0.3, 0.4) is 0 Å². The Balaban J connectivity index is 2.04. The van der Waals surface area contributed by atoms with E-state index in [-0.39, 0.29) is 6.61 Å². The van der Waals surface area contributed by atoms with Gasteiger partial charge in [-0.3, -0.25) is 0 Å². The van der Waals surface area contributed by atoms with Gasteiger partial charge in [0, 0.05) is 0 Å². The number of benzene rings is 2. The van der Waals surface area contributed by atoms with Crippen LogP contribution >= 0.6 is 12.0 Å². The zero-order valence-electron chi connectivity index (χ0n) is 9.48. The van der Waals surface area contributed by atoms with Crippen molar-refractivity contribution in [2.45, 2.75) is 11.5 Å². The van der Waals surface area contributed by atoms with Gasteiger partial charge in [-0.25, -0.2) is 0 Å². The van der Waals surface area contributed by atoms with Crippen molar-refractivity contribution in [3.05, 3.63) is 60.2 Å². The molecule has 2 aromatic carbocycles.